The predicted octanol–water partition coefficient (Wildman–Crippen LogP) is 0.333. The Bertz CT molecular complexity index is 198. The third-order valence-electron chi connectivity index (χ3n) is 2.32. The maximum absolute atomic E-state index is 11.3. The molecule has 0 bridgehead atoms. The number of Topliss-reactive ketones (excluding diaryl/α,β-unsaturated/α-hetero) is 1. The molecule has 1 rings (SSSR count). The first-order valence-corrected chi connectivity index (χ1v) is 6.24. The summed E-state index contributed by atoms with van der Waals surface area (Å²) < 4.78 is 10.00. The van der Waals surface area contributed by atoms with Gasteiger partial charge in [-0.2, -0.15) is 11.8 Å². The van der Waals surface area contributed by atoms with Gasteiger partial charge in [0.15, 0.2) is 0 Å². The minimum absolute atomic E-state index is 0.0241. The molecule has 1 N–H and O–H groups in total. The van der Waals surface area contributed by atoms with Crippen molar-refractivity contribution in [3.63, 3.8) is 0 Å². The Balaban J connectivity index is 2.07. The second-order valence-electron chi connectivity index (χ2n) is 3.64. The molecule has 88 valence electrons. The van der Waals surface area contributed by atoms with E-state index in [1.165, 1.54) is 0 Å². The molecule has 2 unspecified atom stereocenters. The summed E-state index contributed by atoms with van der Waals surface area (Å²) in [6.45, 7) is 1.31. The van der Waals surface area contributed by atoms with E-state index < -0.39 is 6.10 Å². The first kappa shape index (κ1) is 13.0. The number of hydrogen-bond acceptors (Lipinski definition) is 5. The number of hydrogen-bond donors (Lipinski definition) is 1. The minimum Gasteiger partial charge on any atom is -0.391 e. The Morgan fingerprint density at radius 2 is 2.40 bits per heavy atom. The van der Waals surface area contributed by atoms with Crippen molar-refractivity contribution in [2.75, 3.05) is 38.4 Å². The lowest BCUT2D eigenvalue weighted by Gasteiger charge is -2.14. The minimum atomic E-state index is -0.533. The van der Waals surface area contributed by atoms with Gasteiger partial charge in [-0.25, -0.2) is 0 Å². The van der Waals surface area contributed by atoms with Crippen LogP contribution in [-0.2, 0) is 14.3 Å². The SMILES string of the molecule is COCCOCC(O)CC1CSCC1=O. The largest absolute Gasteiger partial charge is 0.391 e. The van der Waals surface area contributed by atoms with Gasteiger partial charge in [-0.1, -0.05) is 0 Å². The highest BCUT2D eigenvalue weighted by Gasteiger charge is 2.27. The van der Waals surface area contributed by atoms with Crippen molar-refractivity contribution in [1.82, 2.24) is 0 Å². The van der Waals surface area contributed by atoms with Gasteiger partial charge in [0.2, 0.25) is 0 Å². The molecule has 0 aromatic carbocycles. The molecule has 0 spiro atoms. The lowest BCUT2D eigenvalue weighted by atomic mass is 10.0. The number of aliphatic hydroxyl groups is 1. The van der Waals surface area contributed by atoms with Crippen molar-refractivity contribution in [3.8, 4) is 0 Å². The van der Waals surface area contributed by atoms with E-state index in [2.05, 4.69) is 0 Å². The van der Waals surface area contributed by atoms with Crippen LogP contribution < -0.4 is 0 Å². The smallest absolute Gasteiger partial charge is 0.146 e. The Labute approximate surface area is 94.3 Å². The summed E-state index contributed by atoms with van der Waals surface area (Å²) in [5, 5.41) is 9.60. The summed E-state index contributed by atoms with van der Waals surface area (Å²) in [6, 6.07) is 0. The molecule has 1 heterocycles. The number of thioether (sulfide) groups is 1. The molecule has 0 aromatic heterocycles. The van der Waals surface area contributed by atoms with E-state index in [0.29, 0.717) is 25.4 Å². The molecule has 0 amide bonds. The Kier molecular flexibility index (Phi) is 6.24. The summed E-state index contributed by atoms with van der Waals surface area (Å²) in [4.78, 5) is 11.3. The average molecular weight is 234 g/mol. The first-order valence-electron chi connectivity index (χ1n) is 5.09. The fourth-order valence-corrected chi connectivity index (χ4v) is 2.63. The summed E-state index contributed by atoms with van der Waals surface area (Å²) in [5.74, 6) is 1.72. The quantitative estimate of drug-likeness (QED) is 0.643. The Morgan fingerprint density at radius 1 is 1.60 bits per heavy atom. The summed E-state index contributed by atoms with van der Waals surface area (Å²) >= 11 is 1.64. The molecular formula is C10H18O4S. The fourth-order valence-electron chi connectivity index (χ4n) is 1.47. The van der Waals surface area contributed by atoms with Crippen LogP contribution in [0.1, 0.15) is 6.42 Å². The summed E-state index contributed by atoms with van der Waals surface area (Å²) in [5.41, 5.74) is 0. The molecule has 4 nitrogen and oxygen atoms in total. The van der Waals surface area contributed by atoms with E-state index in [0.717, 1.165) is 5.75 Å². The number of rotatable bonds is 7. The normalized spacial score (nSPS) is 23.3. The van der Waals surface area contributed by atoms with Crippen LogP contribution in [0.4, 0.5) is 0 Å². The Hall–Kier alpha value is -0.100. The van der Waals surface area contributed by atoms with Crippen LogP contribution in [-0.4, -0.2) is 55.4 Å². The summed E-state index contributed by atoms with van der Waals surface area (Å²) in [6.07, 6.45) is -0.00626. The molecule has 5 heteroatoms. The van der Waals surface area contributed by atoms with Gasteiger partial charge in [0.25, 0.3) is 0 Å². The van der Waals surface area contributed by atoms with Crippen molar-refractivity contribution >= 4 is 17.5 Å². The number of methoxy groups -OCH3 is 1. The van der Waals surface area contributed by atoms with E-state index in [1.54, 1.807) is 18.9 Å². The molecule has 1 saturated heterocycles. The zero-order valence-electron chi connectivity index (χ0n) is 8.98. The fraction of sp³-hybridized carbons (Fsp3) is 0.900. The maximum atomic E-state index is 11.3. The maximum Gasteiger partial charge on any atom is 0.146 e. The van der Waals surface area contributed by atoms with E-state index >= 15 is 0 Å². The second kappa shape index (κ2) is 7.22. The zero-order chi connectivity index (χ0) is 11.1. The van der Waals surface area contributed by atoms with E-state index in [9.17, 15) is 9.90 Å². The van der Waals surface area contributed by atoms with E-state index in [4.69, 9.17) is 9.47 Å². The number of ketones is 1. The predicted molar refractivity (Wildman–Crippen MR) is 59.1 cm³/mol. The lowest BCUT2D eigenvalue weighted by molar-refractivity contribution is -0.120. The van der Waals surface area contributed by atoms with Crippen LogP contribution in [0, 0.1) is 5.92 Å². The average Bonchev–Trinajstić information content (AvgIpc) is 2.59. The van der Waals surface area contributed by atoms with Crippen LogP contribution >= 0.6 is 11.8 Å². The van der Waals surface area contributed by atoms with Crippen molar-refractivity contribution in [3.05, 3.63) is 0 Å². The van der Waals surface area contributed by atoms with Gasteiger partial charge in [0.05, 0.1) is 31.7 Å². The van der Waals surface area contributed by atoms with Gasteiger partial charge >= 0.3 is 0 Å². The molecule has 0 saturated carbocycles. The van der Waals surface area contributed by atoms with Crippen molar-refractivity contribution in [2.45, 2.75) is 12.5 Å². The standard InChI is InChI=1S/C10H18O4S/c1-13-2-3-14-5-9(11)4-8-6-15-7-10(8)12/h8-9,11H,2-7H2,1H3. The van der Waals surface area contributed by atoms with Crippen molar-refractivity contribution in [1.29, 1.82) is 0 Å². The van der Waals surface area contributed by atoms with Gasteiger partial charge in [-0.15, -0.1) is 0 Å². The summed E-state index contributed by atoms with van der Waals surface area (Å²) in [7, 11) is 1.61. The molecule has 0 radical (unpaired) electrons. The van der Waals surface area contributed by atoms with Gasteiger partial charge < -0.3 is 14.6 Å². The van der Waals surface area contributed by atoms with Crippen molar-refractivity contribution in [2.24, 2.45) is 5.92 Å². The van der Waals surface area contributed by atoms with Crippen LogP contribution in [0.2, 0.25) is 0 Å². The molecule has 0 aromatic rings. The molecule has 1 fully saturated rings. The topological polar surface area (TPSA) is 55.8 Å². The third kappa shape index (κ3) is 4.97. The second-order valence-corrected chi connectivity index (χ2v) is 4.67. The Morgan fingerprint density at radius 3 is 3.00 bits per heavy atom. The molecule has 1 aliphatic heterocycles. The highest BCUT2D eigenvalue weighted by Crippen LogP contribution is 2.24. The molecule has 15 heavy (non-hydrogen) atoms. The number of ether oxygens (including phenoxy) is 2. The first-order chi connectivity index (χ1) is 7.24. The van der Waals surface area contributed by atoms with Crippen LogP contribution in [0.5, 0.6) is 0 Å². The zero-order valence-corrected chi connectivity index (χ0v) is 9.79. The number of carbonyl (C=O) groups excluding carboxylic acids is 1. The number of aliphatic hydroxyl groups excluding tert-OH is 1. The van der Waals surface area contributed by atoms with E-state index in [1.807, 2.05) is 0 Å². The lowest BCUT2D eigenvalue weighted by Crippen LogP contribution is -2.24. The highest BCUT2D eigenvalue weighted by atomic mass is 32.2. The number of carbonyl (C=O) groups is 1. The van der Waals surface area contributed by atoms with Crippen molar-refractivity contribution < 1.29 is 19.4 Å². The molecule has 2 atom stereocenters. The molecule has 0 aliphatic carbocycles. The van der Waals surface area contributed by atoms with Gasteiger partial charge in [-0.3, -0.25) is 4.79 Å². The highest BCUT2D eigenvalue weighted by molar-refractivity contribution is 8.00. The van der Waals surface area contributed by atoms with Gasteiger partial charge in [-0.05, 0) is 6.42 Å². The molecule has 1 aliphatic rings. The van der Waals surface area contributed by atoms with Crippen LogP contribution in [0.25, 0.3) is 0 Å². The molecular weight excluding hydrogens is 216 g/mol. The van der Waals surface area contributed by atoms with Crippen LogP contribution in [0.3, 0.4) is 0 Å². The monoisotopic (exact) mass is 234 g/mol. The van der Waals surface area contributed by atoms with Crippen LogP contribution in [0.15, 0.2) is 0 Å². The van der Waals surface area contributed by atoms with Gasteiger partial charge in [0, 0.05) is 18.8 Å². The van der Waals surface area contributed by atoms with Gasteiger partial charge in [0.1, 0.15) is 5.78 Å². The van der Waals surface area contributed by atoms with E-state index in [-0.39, 0.29) is 18.3 Å². The third-order valence-corrected chi connectivity index (χ3v) is 3.44.